The Bertz CT molecular complexity index is 500. The Labute approximate surface area is 122 Å². The van der Waals surface area contributed by atoms with E-state index in [-0.39, 0.29) is 5.78 Å². The van der Waals surface area contributed by atoms with Crippen LogP contribution in [0.5, 0.6) is 0 Å². The van der Waals surface area contributed by atoms with Gasteiger partial charge in [0, 0.05) is 25.1 Å². The van der Waals surface area contributed by atoms with Gasteiger partial charge in [-0.2, -0.15) is 5.26 Å². The average molecular weight is 272 g/mol. The van der Waals surface area contributed by atoms with Gasteiger partial charge in [0.15, 0.2) is 5.78 Å². The van der Waals surface area contributed by atoms with Gasteiger partial charge in [-0.1, -0.05) is 37.6 Å². The van der Waals surface area contributed by atoms with Crippen LogP contribution < -0.4 is 0 Å². The maximum Gasteiger partial charge on any atom is 0.177 e. The molecule has 3 heteroatoms. The number of hydrogen-bond acceptors (Lipinski definition) is 3. The standard InChI is InChI=1S/C17H24N2O/c1-13(2)11-19(9-5-8-18)12-17(20)16-7-6-14(3)10-15(16)4/h6-7,10,13H,5,9,11-12H2,1-4H3. The van der Waals surface area contributed by atoms with Crippen molar-refractivity contribution in [1.82, 2.24) is 4.90 Å². The first kappa shape index (κ1) is 16.4. The molecule has 0 aliphatic rings. The van der Waals surface area contributed by atoms with E-state index < -0.39 is 0 Å². The highest BCUT2D eigenvalue weighted by molar-refractivity contribution is 5.98. The fraction of sp³-hybridized carbons (Fsp3) is 0.529. The van der Waals surface area contributed by atoms with Gasteiger partial charge in [-0.05, 0) is 25.3 Å². The number of Topliss-reactive ketones (excluding diaryl/α,β-unsaturated/α-hetero) is 1. The SMILES string of the molecule is Cc1ccc(C(=O)CN(CCC#N)CC(C)C)c(C)c1. The zero-order valence-corrected chi connectivity index (χ0v) is 12.9. The lowest BCUT2D eigenvalue weighted by molar-refractivity contribution is 0.0923. The van der Waals surface area contributed by atoms with E-state index in [0.29, 0.717) is 25.4 Å². The summed E-state index contributed by atoms with van der Waals surface area (Å²) in [6.07, 6.45) is 0.465. The van der Waals surface area contributed by atoms with E-state index in [1.807, 2.05) is 32.0 Å². The van der Waals surface area contributed by atoms with Crippen LogP contribution in [-0.2, 0) is 0 Å². The molecule has 1 rings (SSSR count). The molecule has 20 heavy (non-hydrogen) atoms. The number of hydrogen-bond donors (Lipinski definition) is 0. The molecular weight excluding hydrogens is 248 g/mol. The van der Waals surface area contributed by atoms with E-state index in [4.69, 9.17) is 5.26 Å². The molecule has 0 aliphatic carbocycles. The van der Waals surface area contributed by atoms with Crippen LogP contribution in [0.4, 0.5) is 0 Å². The smallest absolute Gasteiger partial charge is 0.177 e. The van der Waals surface area contributed by atoms with Gasteiger partial charge in [-0.25, -0.2) is 0 Å². The van der Waals surface area contributed by atoms with E-state index in [9.17, 15) is 4.79 Å². The number of carbonyl (C=O) groups excluding carboxylic acids is 1. The maximum absolute atomic E-state index is 12.4. The molecule has 0 aliphatic heterocycles. The van der Waals surface area contributed by atoms with Crippen molar-refractivity contribution >= 4 is 5.78 Å². The minimum absolute atomic E-state index is 0.140. The fourth-order valence-electron chi connectivity index (χ4n) is 2.37. The van der Waals surface area contributed by atoms with Gasteiger partial charge in [0.05, 0.1) is 12.6 Å². The van der Waals surface area contributed by atoms with Gasteiger partial charge in [-0.15, -0.1) is 0 Å². The van der Waals surface area contributed by atoms with Gasteiger partial charge in [-0.3, -0.25) is 9.69 Å². The molecule has 0 fully saturated rings. The Kier molecular flexibility index (Phi) is 6.41. The van der Waals surface area contributed by atoms with Crippen LogP contribution in [0.25, 0.3) is 0 Å². The summed E-state index contributed by atoms with van der Waals surface area (Å²) in [6.45, 7) is 10.1. The van der Waals surface area contributed by atoms with Crippen LogP contribution in [0.1, 0.15) is 41.8 Å². The first-order valence-corrected chi connectivity index (χ1v) is 7.13. The second-order valence-corrected chi connectivity index (χ2v) is 5.78. The summed E-state index contributed by atoms with van der Waals surface area (Å²) in [6, 6.07) is 8.07. The summed E-state index contributed by atoms with van der Waals surface area (Å²) >= 11 is 0. The minimum atomic E-state index is 0.140. The zero-order chi connectivity index (χ0) is 15.1. The number of aryl methyl sites for hydroxylation is 2. The second kappa shape index (κ2) is 7.81. The van der Waals surface area contributed by atoms with E-state index in [1.165, 1.54) is 5.56 Å². The van der Waals surface area contributed by atoms with Crippen LogP contribution in [0.15, 0.2) is 18.2 Å². The molecule has 0 saturated heterocycles. The van der Waals surface area contributed by atoms with Crippen molar-refractivity contribution in [3.05, 3.63) is 34.9 Å². The Hall–Kier alpha value is -1.66. The number of nitrogens with zero attached hydrogens (tertiary/aromatic N) is 2. The monoisotopic (exact) mass is 272 g/mol. The molecule has 0 atom stereocenters. The van der Waals surface area contributed by atoms with Crippen molar-refractivity contribution in [2.24, 2.45) is 5.92 Å². The lowest BCUT2D eigenvalue weighted by atomic mass is 10.0. The van der Waals surface area contributed by atoms with Gasteiger partial charge in [0.1, 0.15) is 0 Å². The molecule has 1 aromatic carbocycles. The zero-order valence-electron chi connectivity index (χ0n) is 12.9. The largest absolute Gasteiger partial charge is 0.295 e. The molecule has 0 amide bonds. The minimum Gasteiger partial charge on any atom is -0.295 e. The molecule has 0 heterocycles. The molecule has 108 valence electrons. The van der Waals surface area contributed by atoms with Crippen LogP contribution in [0, 0.1) is 31.1 Å². The summed E-state index contributed by atoms with van der Waals surface area (Å²) in [4.78, 5) is 14.5. The predicted molar refractivity (Wildman–Crippen MR) is 81.8 cm³/mol. The number of carbonyl (C=O) groups is 1. The van der Waals surface area contributed by atoms with E-state index in [1.54, 1.807) is 0 Å². The molecule has 0 aromatic heterocycles. The van der Waals surface area contributed by atoms with E-state index in [2.05, 4.69) is 24.8 Å². The second-order valence-electron chi connectivity index (χ2n) is 5.78. The molecule has 3 nitrogen and oxygen atoms in total. The number of nitriles is 1. The molecule has 0 radical (unpaired) electrons. The van der Waals surface area contributed by atoms with Crippen LogP contribution in [-0.4, -0.2) is 30.3 Å². The summed E-state index contributed by atoms with van der Waals surface area (Å²) in [5.74, 6) is 0.627. The molecule has 1 aromatic rings. The van der Waals surface area contributed by atoms with E-state index in [0.717, 1.165) is 17.7 Å². The van der Waals surface area contributed by atoms with E-state index >= 15 is 0 Å². The lowest BCUT2D eigenvalue weighted by Crippen LogP contribution is -2.34. The highest BCUT2D eigenvalue weighted by atomic mass is 16.1. The van der Waals surface area contributed by atoms with Crippen molar-refractivity contribution in [2.45, 2.75) is 34.1 Å². The van der Waals surface area contributed by atoms with Crippen LogP contribution in [0.3, 0.4) is 0 Å². The van der Waals surface area contributed by atoms with Crippen molar-refractivity contribution in [3.8, 4) is 6.07 Å². The van der Waals surface area contributed by atoms with Crippen molar-refractivity contribution in [2.75, 3.05) is 19.6 Å². The van der Waals surface area contributed by atoms with Crippen LogP contribution in [0.2, 0.25) is 0 Å². The molecule has 0 saturated carbocycles. The quantitative estimate of drug-likeness (QED) is 0.715. The van der Waals surface area contributed by atoms with Crippen LogP contribution >= 0.6 is 0 Å². The maximum atomic E-state index is 12.4. The molecular formula is C17H24N2O. The Morgan fingerprint density at radius 1 is 1.35 bits per heavy atom. The van der Waals surface area contributed by atoms with Gasteiger partial charge < -0.3 is 0 Å². The highest BCUT2D eigenvalue weighted by Crippen LogP contribution is 2.12. The Morgan fingerprint density at radius 2 is 2.05 bits per heavy atom. The third-order valence-corrected chi connectivity index (χ3v) is 3.21. The Morgan fingerprint density at radius 3 is 2.60 bits per heavy atom. The van der Waals surface area contributed by atoms with Crippen molar-refractivity contribution in [3.63, 3.8) is 0 Å². The highest BCUT2D eigenvalue weighted by Gasteiger charge is 2.15. The third-order valence-electron chi connectivity index (χ3n) is 3.21. The molecule has 0 unspecified atom stereocenters. The summed E-state index contributed by atoms with van der Waals surface area (Å²) < 4.78 is 0. The average Bonchev–Trinajstić information content (AvgIpc) is 2.35. The van der Waals surface area contributed by atoms with Gasteiger partial charge >= 0.3 is 0 Å². The third kappa shape index (κ3) is 5.14. The van der Waals surface area contributed by atoms with Gasteiger partial charge in [0.25, 0.3) is 0 Å². The van der Waals surface area contributed by atoms with Crippen molar-refractivity contribution in [1.29, 1.82) is 5.26 Å². The number of benzene rings is 1. The fourth-order valence-corrected chi connectivity index (χ4v) is 2.37. The molecule has 0 bridgehead atoms. The summed E-state index contributed by atoms with van der Waals surface area (Å²) in [5, 5.41) is 8.71. The Balaban J connectivity index is 2.76. The lowest BCUT2D eigenvalue weighted by Gasteiger charge is -2.22. The normalized spacial score (nSPS) is 10.8. The summed E-state index contributed by atoms with van der Waals surface area (Å²) in [5.41, 5.74) is 2.99. The molecule has 0 N–H and O–H groups in total. The van der Waals surface area contributed by atoms with Gasteiger partial charge in [0.2, 0.25) is 0 Å². The molecule has 0 spiro atoms. The first-order chi connectivity index (χ1) is 9.43. The van der Waals surface area contributed by atoms with Crippen molar-refractivity contribution < 1.29 is 4.79 Å². The topological polar surface area (TPSA) is 44.1 Å². The number of rotatable bonds is 7. The predicted octanol–water partition coefficient (Wildman–Crippen LogP) is 3.36. The summed E-state index contributed by atoms with van der Waals surface area (Å²) in [7, 11) is 0. The first-order valence-electron chi connectivity index (χ1n) is 7.13. The number of ketones is 1.